The molecule has 0 spiro atoms. The van der Waals surface area contributed by atoms with Crippen molar-refractivity contribution in [1.29, 1.82) is 0 Å². The van der Waals surface area contributed by atoms with Gasteiger partial charge < -0.3 is 4.79 Å². The molecule has 0 bridgehead atoms. The van der Waals surface area contributed by atoms with Crippen LogP contribution in [0.25, 0.3) is 0 Å². The zero-order valence-electron chi connectivity index (χ0n) is 6.43. The van der Waals surface area contributed by atoms with Crippen molar-refractivity contribution >= 4 is 17.5 Å². The third kappa shape index (κ3) is 2.74. The average Bonchev–Trinajstić information content (AvgIpc) is 2.34. The van der Waals surface area contributed by atoms with Gasteiger partial charge in [-0.2, -0.15) is 11.8 Å². The minimum absolute atomic E-state index is 0.340. The maximum Gasteiger partial charge on any atom is 0.129 e. The third-order valence-corrected chi connectivity index (χ3v) is 3.31. The second-order valence-corrected chi connectivity index (χ2v) is 4.28. The van der Waals surface area contributed by atoms with E-state index in [1.54, 1.807) is 6.92 Å². The molecule has 1 aliphatic rings. The van der Waals surface area contributed by atoms with Gasteiger partial charge in [0.2, 0.25) is 0 Å². The van der Waals surface area contributed by atoms with Gasteiger partial charge in [0.1, 0.15) is 5.78 Å². The highest BCUT2D eigenvalue weighted by molar-refractivity contribution is 8.00. The Morgan fingerprint density at radius 3 is 3.00 bits per heavy atom. The lowest BCUT2D eigenvalue weighted by molar-refractivity contribution is -0.117. The molecule has 0 saturated carbocycles. The van der Waals surface area contributed by atoms with E-state index in [-0.39, 0.29) is 0 Å². The smallest absolute Gasteiger partial charge is 0.129 e. The summed E-state index contributed by atoms with van der Waals surface area (Å²) in [7, 11) is 0. The lowest BCUT2D eigenvalue weighted by Crippen LogP contribution is -1.99. The van der Waals surface area contributed by atoms with Crippen LogP contribution in [0.3, 0.4) is 0 Å². The van der Waals surface area contributed by atoms with Gasteiger partial charge >= 0.3 is 0 Å². The molecule has 0 amide bonds. The fourth-order valence-corrected chi connectivity index (χ4v) is 2.52. The number of carbonyl (C=O) groups excluding carboxylic acids is 1. The van der Waals surface area contributed by atoms with Crippen molar-refractivity contribution in [2.24, 2.45) is 0 Å². The number of carbonyl (C=O) groups is 1. The molecule has 1 aliphatic heterocycles. The van der Waals surface area contributed by atoms with Crippen molar-refractivity contribution in [3.63, 3.8) is 0 Å². The fourth-order valence-electron chi connectivity index (χ4n) is 1.24. The lowest BCUT2D eigenvalue weighted by Gasteiger charge is -2.04. The van der Waals surface area contributed by atoms with Gasteiger partial charge in [-0.05, 0) is 31.9 Å². The second-order valence-electron chi connectivity index (χ2n) is 2.88. The summed E-state index contributed by atoms with van der Waals surface area (Å²) in [5, 5.41) is 0.795. The van der Waals surface area contributed by atoms with E-state index in [0.29, 0.717) is 5.78 Å². The first-order valence-electron chi connectivity index (χ1n) is 3.90. The molecule has 0 radical (unpaired) electrons. The SMILES string of the molecule is CC(=O)CCC1CCCS1. The number of Topliss-reactive ketones (excluding diaryl/α,β-unsaturated/α-hetero) is 1. The topological polar surface area (TPSA) is 17.1 Å². The Balaban J connectivity index is 2.07. The Morgan fingerprint density at radius 1 is 1.70 bits per heavy atom. The molecule has 1 rings (SSSR count). The molecule has 1 unspecified atom stereocenters. The number of ketones is 1. The molecule has 0 aliphatic carbocycles. The minimum atomic E-state index is 0.340. The number of thioether (sulfide) groups is 1. The summed E-state index contributed by atoms with van der Waals surface area (Å²) in [4.78, 5) is 10.6. The molecule has 58 valence electrons. The first kappa shape index (κ1) is 8.12. The van der Waals surface area contributed by atoms with Crippen molar-refractivity contribution in [2.75, 3.05) is 5.75 Å². The van der Waals surface area contributed by atoms with Crippen LogP contribution in [0.2, 0.25) is 0 Å². The molecule has 0 aromatic carbocycles. The average molecular weight is 158 g/mol. The highest BCUT2D eigenvalue weighted by Gasteiger charge is 2.15. The lowest BCUT2D eigenvalue weighted by atomic mass is 10.1. The van der Waals surface area contributed by atoms with Gasteiger partial charge in [-0.3, -0.25) is 0 Å². The Bertz CT molecular complexity index is 116. The van der Waals surface area contributed by atoms with E-state index in [1.165, 1.54) is 18.6 Å². The van der Waals surface area contributed by atoms with Crippen LogP contribution < -0.4 is 0 Å². The molecule has 0 N–H and O–H groups in total. The zero-order valence-corrected chi connectivity index (χ0v) is 7.25. The van der Waals surface area contributed by atoms with Crippen LogP contribution >= 0.6 is 11.8 Å². The third-order valence-electron chi connectivity index (χ3n) is 1.84. The summed E-state index contributed by atoms with van der Waals surface area (Å²) in [5.74, 6) is 1.65. The number of hydrogen-bond donors (Lipinski definition) is 0. The molecule has 1 heterocycles. The van der Waals surface area contributed by atoms with Crippen LogP contribution in [0.5, 0.6) is 0 Å². The van der Waals surface area contributed by atoms with Gasteiger partial charge in [-0.1, -0.05) is 0 Å². The van der Waals surface area contributed by atoms with E-state index in [4.69, 9.17) is 0 Å². The second kappa shape index (κ2) is 4.02. The van der Waals surface area contributed by atoms with Gasteiger partial charge in [0, 0.05) is 11.7 Å². The van der Waals surface area contributed by atoms with E-state index in [2.05, 4.69) is 0 Å². The highest BCUT2D eigenvalue weighted by atomic mass is 32.2. The quantitative estimate of drug-likeness (QED) is 0.626. The van der Waals surface area contributed by atoms with Gasteiger partial charge in [0.25, 0.3) is 0 Å². The summed E-state index contributed by atoms with van der Waals surface area (Å²) < 4.78 is 0. The van der Waals surface area contributed by atoms with E-state index < -0.39 is 0 Å². The Kier molecular flexibility index (Phi) is 3.26. The van der Waals surface area contributed by atoms with Crippen LogP contribution in [0.1, 0.15) is 32.6 Å². The monoisotopic (exact) mass is 158 g/mol. The van der Waals surface area contributed by atoms with Crippen molar-refractivity contribution in [3.05, 3.63) is 0 Å². The van der Waals surface area contributed by atoms with Gasteiger partial charge in [-0.15, -0.1) is 0 Å². The molecule has 2 heteroatoms. The molecule has 10 heavy (non-hydrogen) atoms. The number of rotatable bonds is 3. The fraction of sp³-hybridized carbons (Fsp3) is 0.875. The summed E-state index contributed by atoms with van der Waals surface area (Å²) >= 11 is 2.03. The van der Waals surface area contributed by atoms with E-state index >= 15 is 0 Å². The van der Waals surface area contributed by atoms with Crippen LogP contribution in [0, 0.1) is 0 Å². The van der Waals surface area contributed by atoms with Crippen molar-refractivity contribution < 1.29 is 4.79 Å². The van der Waals surface area contributed by atoms with Gasteiger partial charge in [0.05, 0.1) is 0 Å². The van der Waals surface area contributed by atoms with Crippen molar-refractivity contribution in [2.45, 2.75) is 37.9 Å². The maximum atomic E-state index is 10.6. The molecular formula is C8H14OS. The van der Waals surface area contributed by atoms with Crippen LogP contribution in [0.4, 0.5) is 0 Å². The summed E-state index contributed by atoms with van der Waals surface area (Å²) in [5.41, 5.74) is 0. The van der Waals surface area contributed by atoms with E-state index in [1.807, 2.05) is 11.8 Å². The first-order valence-corrected chi connectivity index (χ1v) is 4.95. The molecular weight excluding hydrogens is 144 g/mol. The van der Waals surface area contributed by atoms with Crippen LogP contribution in [-0.4, -0.2) is 16.8 Å². The number of hydrogen-bond acceptors (Lipinski definition) is 2. The summed E-state index contributed by atoms with van der Waals surface area (Å²) in [6, 6.07) is 0. The van der Waals surface area contributed by atoms with Gasteiger partial charge in [-0.25, -0.2) is 0 Å². The predicted octanol–water partition coefficient (Wildman–Crippen LogP) is 2.25. The molecule has 0 aromatic heterocycles. The Labute approximate surface area is 66.6 Å². The highest BCUT2D eigenvalue weighted by Crippen LogP contribution is 2.29. The van der Waals surface area contributed by atoms with Gasteiger partial charge in [0.15, 0.2) is 0 Å². The molecule has 1 nitrogen and oxygen atoms in total. The Morgan fingerprint density at radius 2 is 2.50 bits per heavy atom. The first-order chi connectivity index (χ1) is 4.79. The predicted molar refractivity (Wildman–Crippen MR) is 45.4 cm³/mol. The standard InChI is InChI=1S/C8H14OS/c1-7(9)4-5-8-3-2-6-10-8/h8H,2-6H2,1H3. The van der Waals surface area contributed by atoms with Crippen LogP contribution in [0.15, 0.2) is 0 Å². The maximum absolute atomic E-state index is 10.6. The van der Waals surface area contributed by atoms with E-state index in [9.17, 15) is 4.79 Å². The summed E-state index contributed by atoms with van der Waals surface area (Å²) in [6.07, 6.45) is 4.59. The van der Waals surface area contributed by atoms with Crippen molar-refractivity contribution in [1.82, 2.24) is 0 Å². The molecule has 0 aromatic rings. The summed E-state index contributed by atoms with van der Waals surface area (Å²) in [6.45, 7) is 1.68. The molecule has 1 fully saturated rings. The normalized spacial score (nSPS) is 25.1. The minimum Gasteiger partial charge on any atom is -0.300 e. The van der Waals surface area contributed by atoms with E-state index in [0.717, 1.165) is 18.1 Å². The Hall–Kier alpha value is 0.0200. The molecule has 1 atom stereocenters. The van der Waals surface area contributed by atoms with Crippen LogP contribution in [-0.2, 0) is 4.79 Å². The van der Waals surface area contributed by atoms with Crippen molar-refractivity contribution in [3.8, 4) is 0 Å². The molecule has 1 saturated heterocycles. The zero-order chi connectivity index (χ0) is 7.40. The largest absolute Gasteiger partial charge is 0.300 e.